The van der Waals surface area contributed by atoms with Crippen LogP contribution in [0.5, 0.6) is 0 Å². The Morgan fingerprint density at radius 1 is 1.39 bits per heavy atom. The molecule has 1 aliphatic heterocycles. The Hall–Kier alpha value is -2.08. The van der Waals surface area contributed by atoms with Gasteiger partial charge in [0.15, 0.2) is 11.8 Å². The SMILES string of the molecule is CN=C(NCC(C)(O)c1ccco1)N1CCN(c2nccn(C)c2=O)CC1.I. The minimum atomic E-state index is -1.14. The van der Waals surface area contributed by atoms with Crippen molar-refractivity contribution in [2.75, 3.05) is 44.7 Å². The highest BCUT2D eigenvalue weighted by atomic mass is 127. The number of nitrogens with one attached hydrogen (secondary N) is 1. The standard InChI is InChI=1S/C18H26N6O3.HI/c1-18(26,14-5-4-12-27-14)13-21-17(19-2)24-10-8-23(9-11-24)15-16(25)22(3)7-6-20-15;/h4-7,12,26H,8-11,13H2,1-3H3,(H,19,21);1H. The normalized spacial score (nSPS) is 17.1. The zero-order valence-corrected chi connectivity index (χ0v) is 18.7. The summed E-state index contributed by atoms with van der Waals surface area (Å²) in [5.41, 5.74) is -1.23. The summed E-state index contributed by atoms with van der Waals surface area (Å²) in [5, 5.41) is 13.8. The van der Waals surface area contributed by atoms with Crippen LogP contribution in [0.1, 0.15) is 12.7 Å². The molecular weight excluding hydrogens is 475 g/mol. The first-order valence-corrected chi connectivity index (χ1v) is 8.91. The molecule has 2 aromatic heterocycles. The Balaban J connectivity index is 0.00000280. The highest BCUT2D eigenvalue weighted by molar-refractivity contribution is 14.0. The summed E-state index contributed by atoms with van der Waals surface area (Å²) >= 11 is 0. The largest absolute Gasteiger partial charge is 0.466 e. The number of hydrogen-bond donors (Lipinski definition) is 2. The van der Waals surface area contributed by atoms with Gasteiger partial charge in [0.25, 0.3) is 5.56 Å². The van der Waals surface area contributed by atoms with Crippen molar-refractivity contribution < 1.29 is 9.52 Å². The van der Waals surface area contributed by atoms with E-state index in [1.807, 2.05) is 4.90 Å². The van der Waals surface area contributed by atoms with Crippen LogP contribution in [0.4, 0.5) is 5.82 Å². The Bertz CT molecular complexity index is 841. The number of rotatable bonds is 4. The number of aliphatic imine (C=N–C) groups is 1. The molecule has 0 aromatic carbocycles. The van der Waals surface area contributed by atoms with Gasteiger partial charge >= 0.3 is 0 Å². The Labute approximate surface area is 181 Å². The van der Waals surface area contributed by atoms with Crippen LogP contribution in [0.3, 0.4) is 0 Å². The van der Waals surface area contributed by atoms with Crippen molar-refractivity contribution in [3.63, 3.8) is 0 Å². The first-order chi connectivity index (χ1) is 12.9. The van der Waals surface area contributed by atoms with Gasteiger partial charge in [0.05, 0.1) is 12.8 Å². The molecule has 0 bridgehead atoms. The van der Waals surface area contributed by atoms with E-state index in [1.54, 1.807) is 51.8 Å². The van der Waals surface area contributed by atoms with Gasteiger partial charge in [-0.3, -0.25) is 9.79 Å². The average Bonchev–Trinajstić information content (AvgIpc) is 3.21. The molecule has 0 saturated carbocycles. The van der Waals surface area contributed by atoms with Crippen LogP contribution in [0, 0.1) is 0 Å². The van der Waals surface area contributed by atoms with Crippen molar-refractivity contribution in [2.24, 2.45) is 12.0 Å². The highest BCUT2D eigenvalue weighted by Gasteiger charge is 2.28. The quantitative estimate of drug-likeness (QED) is 0.359. The number of nitrogens with zero attached hydrogens (tertiary/aromatic N) is 5. The zero-order chi connectivity index (χ0) is 19.4. The molecule has 28 heavy (non-hydrogen) atoms. The molecule has 2 N–H and O–H groups in total. The van der Waals surface area contributed by atoms with Crippen molar-refractivity contribution >= 4 is 35.8 Å². The lowest BCUT2D eigenvalue weighted by atomic mass is 10.0. The van der Waals surface area contributed by atoms with Crippen LogP contribution in [-0.2, 0) is 12.6 Å². The second kappa shape index (κ2) is 9.41. The van der Waals surface area contributed by atoms with Crippen LogP contribution >= 0.6 is 24.0 Å². The van der Waals surface area contributed by atoms with E-state index in [0.717, 1.165) is 0 Å². The molecule has 9 nitrogen and oxygen atoms in total. The number of aliphatic hydroxyl groups is 1. The number of aromatic nitrogens is 2. The molecule has 154 valence electrons. The van der Waals surface area contributed by atoms with E-state index < -0.39 is 5.60 Å². The summed E-state index contributed by atoms with van der Waals surface area (Å²) in [4.78, 5) is 24.9. The monoisotopic (exact) mass is 502 g/mol. The maximum atomic E-state index is 12.2. The third-order valence-corrected chi connectivity index (χ3v) is 4.73. The lowest BCUT2D eigenvalue weighted by molar-refractivity contribution is 0.0379. The molecule has 3 rings (SSSR count). The third kappa shape index (κ3) is 4.85. The minimum Gasteiger partial charge on any atom is -0.466 e. The lowest BCUT2D eigenvalue weighted by Crippen LogP contribution is -2.55. The van der Waals surface area contributed by atoms with Crippen LogP contribution in [0.25, 0.3) is 0 Å². The molecular formula is C18H27IN6O3. The van der Waals surface area contributed by atoms with Crippen LogP contribution in [-0.4, -0.2) is 65.3 Å². The summed E-state index contributed by atoms with van der Waals surface area (Å²) in [7, 11) is 3.44. The Kier molecular flexibility index (Phi) is 7.47. The van der Waals surface area contributed by atoms with Crippen LogP contribution in [0.15, 0.2) is 45.0 Å². The first kappa shape index (κ1) is 22.2. The number of piperazine rings is 1. The Morgan fingerprint density at radius 2 is 2.11 bits per heavy atom. The highest BCUT2D eigenvalue weighted by Crippen LogP contribution is 2.20. The molecule has 3 heterocycles. The predicted molar refractivity (Wildman–Crippen MR) is 118 cm³/mol. The van der Waals surface area contributed by atoms with Gasteiger partial charge in [-0.1, -0.05) is 0 Å². The smallest absolute Gasteiger partial charge is 0.293 e. The van der Waals surface area contributed by atoms with Crippen molar-refractivity contribution in [3.8, 4) is 0 Å². The van der Waals surface area contributed by atoms with Crippen molar-refractivity contribution in [3.05, 3.63) is 46.9 Å². The fourth-order valence-electron chi connectivity index (χ4n) is 3.09. The molecule has 0 aliphatic carbocycles. The average molecular weight is 502 g/mol. The number of halogens is 1. The van der Waals surface area contributed by atoms with Gasteiger partial charge in [-0.15, -0.1) is 24.0 Å². The van der Waals surface area contributed by atoms with Crippen molar-refractivity contribution in [1.82, 2.24) is 19.8 Å². The lowest BCUT2D eigenvalue weighted by Gasteiger charge is -2.37. The molecule has 1 aliphatic rings. The molecule has 1 atom stereocenters. The van der Waals surface area contributed by atoms with Crippen LogP contribution < -0.4 is 15.8 Å². The second-order valence-electron chi connectivity index (χ2n) is 6.79. The maximum absolute atomic E-state index is 12.2. The molecule has 1 fully saturated rings. The summed E-state index contributed by atoms with van der Waals surface area (Å²) in [5.74, 6) is 1.68. The number of hydrogen-bond acceptors (Lipinski definition) is 6. The number of guanidine groups is 1. The second-order valence-corrected chi connectivity index (χ2v) is 6.79. The van der Waals surface area contributed by atoms with Crippen molar-refractivity contribution in [2.45, 2.75) is 12.5 Å². The van der Waals surface area contributed by atoms with E-state index in [0.29, 0.717) is 43.7 Å². The van der Waals surface area contributed by atoms with Gasteiger partial charge in [-0.25, -0.2) is 4.98 Å². The van der Waals surface area contributed by atoms with E-state index in [-0.39, 0.29) is 36.1 Å². The molecule has 1 saturated heterocycles. The number of aryl methyl sites for hydroxylation is 1. The third-order valence-electron chi connectivity index (χ3n) is 4.73. The van der Waals surface area contributed by atoms with Gasteiger partial charge < -0.3 is 29.2 Å². The van der Waals surface area contributed by atoms with Crippen molar-refractivity contribution in [1.29, 1.82) is 0 Å². The molecule has 10 heteroatoms. The van der Waals surface area contributed by atoms with E-state index in [4.69, 9.17) is 4.42 Å². The summed E-state index contributed by atoms with van der Waals surface area (Å²) in [6.07, 6.45) is 4.83. The Morgan fingerprint density at radius 3 is 2.71 bits per heavy atom. The number of anilines is 1. The van der Waals surface area contributed by atoms with E-state index in [1.165, 1.54) is 4.57 Å². The summed E-state index contributed by atoms with van der Waals surface area (Å²) in [6.45, 7) is 4.70. The zero-order valence-electron chi connectivity index (χ0n) is 16.3. The fraction of sp³-hybridized carbons (Fsp3) is 0.500. The van der Waals surface area contributed by atoms with Gasteiger partial charge in [0, 0.05) is 52.7 Å². The van der Waals surface area contributed by atoms with Gasteiger partial charge in [0.1, 0.15) is 11.4 Å². The molecule has 1 unspecified atom stereocenters. The topological polar surface area (TPSA) is 99.1 Å². The summed E-state index contributed by atoms with van der Waals surface area (Å²) in [6, 6.07) is 3.50. The van der Waals surface area contributed by atoms with Gasteiger partial charge in [0.2, 0.25) is 0 Å². The first-order valence-electron chi connectivity index (χ1n) is 8.91. The molecule has 0 amide bonds. The number of furan rings is 1. The molecule has 0 spiro atoms. The summed E-state index contributed by atoms with van der Waals surface area (Å²) < 4.78 is 6.84. The van der Waals surface area contributed by atoms with E-state index >= 15 is 0 Å². The van der Waals surface area contributed by atoms with Gasteiger partial charge in [-0.05, 0) is 19.1 Å². The minimum absolute atomic E-state index is 0. The maximum Gasteiger partial charge on any atom is 0.293 e. The van der Waals surface area contributed by atoms with Crippen LogP contribution in [0.2, 0.25) is 0 Å². The van der Waals surface area contributed by atoms with E-state index in [2.05, 4.69) is 20.2 Å². The molecule has 2 aromatic rings. The fourth-order valence-corrected chi connectivity index (χ4v) is 3.09. The predicted octanol–water partition coefficient (Wildman–Crippen LogP) is 0.596. The molecule has 0 radical (unpaired) electrons. The van der Waals surface area contributed by atoms with Gasteiger partial charge in [-0.2, -0.15) is 0 Å². The van der Waals surface area contributed by atoms with E-state index in [9.17, 15) is 9.90 Å².